The summed E-state index contributed by atoms with van der Waals surface area (Å²) in [6.07, 6.45) is -1.90. The molecule has 2 aromatic rings. The molecular weight excluding hydrogens is 320 g/mol. The largest absolute Gasteiger partial charge is 0.389 e. The Hall–Kier alpha value is -1.49. The molecule has 0 bridgehead atoms. The quantitative estimate of drug-likeness (QED) is 0.725. The van der Waals surface area contributed by atoms with Gasteiger partial charge < -0.3 is 10.2 Å². The highest BCUT2D eigenvalue weighted by Crippen LogP contribution is 2.37. The van der Waals surface area contributed by atoms with Crippen molar-refractivity contribution in [3.63, 3.8) is 0 Å². The Morgan fingerprint density at radius 1 is 0.950 bits per heavy atom. The number of carbonyl (C=O) groups excluding carboxylic acids is 1. The molecule has 0 aliphatic heterocycles. The van der Waals surface area contributed by atoms with Gasteiger partial charge in [0.15, 0.2) is 5.78 Å². The summed E-state index contributed by atoms with van der Waals surface area (Å²) >= 11 is 3.13. The summed E-state index contributed by atoms with van der Waals surface area (Å²) < 4.78 is 0. The van der Waals surface area contributed by atoms with Crippen LogP contribution in [0.2, 0.25) is 0 Å². The highest BCUT2D eigenvalue weighted by Gasteiger charge is 2.28. The van der Waals surface area contributed by atoms with Gasteiger partial charge in [-0.15, -0.1) is 0 Å². The Morgan fingerprint density at radius 2 is 1.60 bits per heavy atom. The molecule has 20 heavy (non-hydrogen) atoms. The van der Waals surface area contributed by atoms with E-state index >= 15 is 0 Å². The first kappa shape index (κ1) is 13.5. The zero-order valence-electron chi connectivity index (χ0n) is 10.6. The lowest BCUT2D eigenvalue weighted by molar-refractivity contribution is 0.0342. The van der Waals surface area contributed by atoms with Crippen LogP contribution in [0.1, 0.15) is 27.6 Å². The maximum Gasteiger partial charge on any atom is 0.194 e. The van der Waals surface area contributed by atoms with Gasteiger partial charge in [0.2, 0.25) is 0 Å². The van der Waals surface area contributed by atoms with E-state index in [1.165, 1.54) is 0 Å². The molecule has 2 N–H and O–H groups in total. The molecule has 0 aromatic heterocycles. The van der Waals surface area contributed by atoms with Crippen LogP contribution in [-0.2, 0) is 0 Å². The van der Waals surface area contributed by atoms with Crippen molar-refractivity contribution in [2.45, 2.75) is 12.2 Å². The lowest BCUT2D eigenvalue weighted by atomic mass is 9.99. The summed E-state index contributed by atoms with van der Waals surface area (Å²) in [5.74, 6) is -0.0296. The first-order chi connectivity index (χ1) is 9.63. The zero-order chi connectivity index (χ0) is 14.3. The molecule has 0 heterocycles. The SMILES string of the molecule is O=C1c2ccccc2-c2ccc(C(O)C(O)CBr)cc21. The normalized spacial score (nSPS) is 15.7. The molecule has 1 aliphatic carbocycles. The molecule has 3 rings (SSSR count). The summed E-state index contributed by atoms with van der Waals surface area (Å²) in [5.41, 5.74) is 3.64. The van der Waals surface area contributed by atoms with Crippen molar-refractivity contribution >= 4 is 21.7 Å². The Labute approximate surface area is 125 Å². The molecule has 2 unspecified atom stereocenters. The monoisotopic (exact) mass is 332 g/mol. The number of aliphatic hydroxyl groups excluding tert-OH is 2. The topological polar surface area (TPSA) is 57.5 Å². The summed E-state index contributed by atoms with van der Waals surface area (Å²) in [5, 5.41) is 20.0. The molecule has 0 spiro atoms. The van der Waals surface area contributed by atoms with Crippen molar-refractivity contribution in [3.8, 4) is 11.1 Å². The molecule has 0 saturated heterocycles. The Morgan fingerprint density at radius 3 is 2.30 bits per heavy atom. The molecule has 2 atom stereocenters. The number of hydrogen-bond donors (Lipinski definition) is 2. The van der Waals surface area contributed by atoms with Gasteiger partial charge in [-0.05, 0) is 22.8 Å². The van der Waals surface area contributed by atoms with Crippen LogP contribution in [0.5, 0.6) is 0 Å². The second-order valence-electron chi connectivity index (χ2n) is 4.85. The number of alkyl halides is 1. The van der Waals surface area contributed by atoms with Crippen LogP contribution in [0.25, 0.3) is 11.1 Å². The van der Waals surface area contributed by atoms with Crippen LogP contribution < -0.4 is 0 Å². The third kappa shape index (κ3) is 2.00. The lowest BCUT2D eigenvalue weighted by Crippen LogP contribution is -2.19. The van der Waals surface area contributed by atoms with Crippen LogP contribution in [0.3, 0.4) is 0 Å². The molecular formula is C16H13BrO3. The van der Waals surface area contributed by atoms with E-state index in [2.05, 4.69) is 15.9 Å². The Bertz CT molecular complexity index is 681. The standard InChI is InChI=1S/C16H13BrO3/c17-8-14(18)15(19)9-5-6-11-10-3-1-2-4-12(10)16(20)13(11)7-9/h1-7,14-15,18-19H,8H2. The van der Waals surface area contributed by atoms with Crippen LogP contribution in [0.4, 0.5) is 0 Å². The minimum atomic E-state index is -1.00. The minimum Gasteiger partial charge on any atom is -0.389 e. The van der Waals surface area contributed by atoms with Gasteiger partial charge in [-0.3, -0.25) is 4.79 Å². The number of aliphatic hydroxyl groups is 2. The van der Waals surface area contributed by atoms with Crippen molar-refractivity contribution in [2.24, 2.45) is 0 Å². The van der Waals surface area contributed by atoms with Crippen LogP contribution in [0.15, 0.2) is 42.5 Å². The third-order valence-electron chi connectivity index (χ3n) is 3.61. The zero-order valence-corrected chi connectivity index (χ0v) is 12.2. The van der Waals surface area contributed by atoms with E-state index in [1.54, 1.807) is 18.2 Å². The highest BCUT2D eigenvalue weighted by atomic mass is 79.9. The van der Waals surface area contributed by atoms with E-state index in [9.17, 15) is 15.0 Å². The van der Waals surface area contributed by atoms with Gasteiger partial charge in [-0.2, -0.15) is 0 Å². The molecule has 0 saturated carbocycles. The van der Waals surface area contributed by atoms with E-state index in [-0.39, 0.29) is 11.1 Å². The number of ketones is 1. The molecule has 0 radical (unpaired) electrons. The fourth-order valence-corrected chi connectivity index (χ4v) is 2.89. The predicted octanol–water partition coefficient (Wildman–Crippen LogP) is 2.69. The first-order valence-electron chi connectivity index (χ1n) is 6.33. The maximum atomic E-state index is 12.3. The number of carbonyl (C=O) groups is 1. The molecule has 102 valence electrons. The summed E-state index contributed by atoms with van der Waals surface area (Å²) in [4.78, 5) is 12.3. The Balaban J connectivity index is 2.07. The number of benzene rings is 2. The summed E-state index contributed by atoms with van der Waals surface area (Å²) in [7, 11) is 0. The van der Waals surface area contributed by atoms with Crippen molar-refractivity contribution in [2.75, 3.05) is 5.33 Å². The highest BCUT2D eigenvalue weighted by molar-refractivity contribution is 9.09. The van der Waals surface area contributed by atoms with E-state index in [0.717, 1.165) is 11.1 Å². The van der Waals surface area contributed by atoms with Gasteiger partial charge in [-0.25, -0.2) is 0 Å². The second kappa shape index (κ2) is 5.13. The number of fused-ring (bicyclic) bond motifs is 3. The van der Waals surface area contributed by atoms with Crippen LogP contribution in [-0.4, -0.2) is 27.4 Å². The first-order valence-corrected chi connectivity index (χ1v) is 7.45. The van der Waals surface area contributed by atoms with Gasteiger partial charge in [0.25, 0.3) is 0 Å². The van der Waals surface area contributed by atoms with Crippen LogP contribution >= 0.6 is 15.9 Å². The average Bonchev–Trinajstić information content (AvgIpc) is 2.79. The minimum absolute atomic E-state index is 0.0296. The summed E-state index contributed by atoms with van der Waals surface area (Å²) in [6.45, 7) is 0. The van der Waals surface area contributed by atoms with Crippen molar-refractivity contribution in [1.82, 2.24) is 0 Å². The van der Waals surface area contributed by atoms with E-state index in [0.29, 0.717) is 16.7 Å². The molecule has 1 aliphatic rings. The fourth-order valence-electron chi connectivity index (χ4n) is 2.54. The van der Waals surface area contributed by atoms with Crippen molar-refractivity contribution in [3.05, 3.63) is 59.2 Å². The van der Waals surface area contributed by atoms with Crippen molar-refractivity contribution in [1.29, 1.82) is 0 Å². The number of halogens is 1. The van der Waals surface area contributed by atoms with Gasteiger partial charge in [0.05, 0.1) is 6.10 Å². The third-order valence-corrected chi connectivity index (χ3v) is 4.28. The van der Waals surface area contributed by atoms with Gasteiger partial charge in [-0.1, -0.05) is 52.3 Å². The Kier molecular flexibility index (Phi) is 3.46. The van der Waals surface area contributed by atoms with E-state index in [4.69, 9.17) is 0 Å². The maximum absolute atomic E-state index is 12.3. The van der Waals surface area contributed by atoms with E-state index < -0.39 is 12.2 Å². The molecule has 4 heteroatoms. The predicted molar refractivity (Wildman–Crippen MR) is 80.1 cm³/mol. The number of hydrogen-bond acceptors (Lipinski definition) is 3. The van der Waals surface area contributed by atoms with Gasteiger partial charge >= 0.3 is 0 Å². The molecule has 2 aromatic carbocycles. The molecule has 3 nitrogen and oxygen atoms in total. The number of rotatable bonds is 3. The molecule has 0 fully saturated rings. The van der Waals surface area contributed by atoms with Gasteiger partial charge in [0, 0.05) is 16.5 Å². The van der Waals surface area contributed by atoms with Gasteiger partial charge in [0.1, 0.15) is 6.10 Å². The second-order valence-corrected chi connectivity index (χ2v) is 5.49. The smallest absolute Gasteiger partial charge is 0.194 e. The fraction of sp³-hybridized carbons (Fsp3) is 0.188. The van der Waals surface area contributed by atoms with Crippen LogP contribution in [0, 0.1) is 0 Å². The van der Waals surface area contributed by atoms with E-state index in [1.807, 2.05) is 24.3 Å². The summed E-state index contributed by atoms with van der Waals surface area (Å²) in [6, 6.07) is 12.7. The molecule has 0 amide bonds. The average molecular weight is 333 g/mol. The van der Waals surface area contributed by atoms with Crippen molar-refractivity contribution < 1.29 is 15.0 Å². The lowest BCUT2D eigenvalue weighted by Gasteiger charge is -2.16.